The van der Waals surface area contributed by atoms with Crippen molar-refractivity contribution in [1.82, 2.24) is 0 Å². The van der Waals surface area contributed by atoms with Gasteiger partial charge >= 0.3 is 0 Å². The third kappa shape index (κ3) is 2.16. The van der Waals surface area contributed by atoms with Gasteiger partial charge in [-0.15, -0.1) is 0 Å². The van der Waals surface area contributed by atoms with E-state index < -0.39 is 9.84 Å². The highest BCUT2D eigenvalue weighted by Crippen LogP contribution is 2.39. The van der Waals surface area contributed by atoms with Crippen LogP contribution in [0.1, 0.15) is 5.56 Å². The number of hydrogen-bond donors (Lipinski definition) is 0. The van der Waals surface area contributed by atoms with Crippen LogP contribution in [0, 0.1) is 24.1 Å². The van der Waals surface area contributed by atoms with Crippen LogP contribution in [0.25, 0.3) is 0 Å². The van der Waals surface area contributed by atoms with Crippen molar-refractivity contribution in [3.8, 4) is 6.07 Å². The summed E-state index contributed by atoms with van der Waals surface area (Å²) in [5.74, 6) is -0.387. The summed E-state index contributed by atoms with van der Waals surface area (Å²) in [5.41, 5.74) is 1.91. The predicted molar refractivity (Wildman–Crippen MR) is 80.6 cm³/mol. The number of nitriles is 1. The SMILES string of the molecule is Cc1ccc2c(c1)N(c1ccc(F)cc1)C=C(C#N)S2(=O)=O. The minimum atomic E-state index is -3.81. The highest BCUT2D eigenvalue weighted by molar-refractivity contribution is 7.95. The van der Waals surface area contributed by atoms with E-state index in [0.29, 0.717) is 11.4 Å². The quantitative estimate of drug-likeness (QED) is 0.809. The lowest BCUT2D eigenvalue weighted by Gasteiger charge is -2.27. The number of sulfone groups is 1. The number of hydrogen-bond acceptors (Lipinski definition) is 4. The van der Waals surface area contributed by atoms with Gasteiger partial charge in [0.15, 0.2) is 4.91 Å². The van der Waals surface area contributed by atoms with Gasteiger partial charge < -0.3 is 4.90 Å². The molecule has 0 bridgehead atoms. The van der Waals surface area contributed by atoms with Crippen LogP contribution in [0.2, 0.25) is 0 Å². The summed E-state index contributed by atoms with van der Waals surface area (Å²) < 4.78 is 37.9. The van der Waals surface area contributed by atoms with Gasteiger partial charge in [0.05, 0.1) is 10.6 Å². The molecular weight excluding hydrogens is 303 g/mol. The highest BCUT2D eigenvalue weighted by atomic mass is 32.2. The molecule has 1 heterocycles. The van der Waals surface area contributed by atoms with Crippen LogP contribution in [-0.2, 0) is 9.84 Å². The molecule has 0 unspecified atom stereocenters. The zero-order chi connectivity index (χ0) is 15.9. The molecule has 0 amide bonds. The Morgan fingerprint density at radius 2 is 1.82 bits per heavy atom. The predicted octanol–water partition coefficient (Wildman–Crippen LogP) is 3.42. The van der Waals surface area contributed by atoms with Crippen molar-refractivity contribution in [3.05, 3.63) is 65.0 Å². The Bertz CT molecular complexity index is 926. The molecular formula is C16H11FN2O2S. The van der Waals surface area contributed by atoms with E-state index >= 15 is 0 Å². The standard InChI is InChI=1S/C16H11FN2O2S/c1-11-2-7-16-15(8-11)19(10-14(9-18)22(16,20)21)13-5-3-12(17)4-6-13/h2-8,10H,1H3. The van der Waals surface area contributed by atoms with Gasteiger partial charge in [-0.25, -0.2) is 12.8 Å². The number of rotatable bonds is 1. The van der Waals surface area contributed by atoms with Crippen LogP contribution in [0.5, 0.6) is 0 Å². The van der Waals surface area contributed by atoms with E-state index in [1.54, 1.807) is 23.1 Å². The molecule has 3 rings (SSSR count). The number of fused-ring (bicyclic) bond motifs is 1. The summed E-state index contributed by atoms with van der Waals surface area (Å²) in [6, 6.07) is 12.2. The topological polar surface area (TPSA) is 61.2 Å². The van der Waals surface area contributed by atoms with Crippen molar-refractivity contribution in [1.29, 1.82) is 5.26 Å². The number of nitrogens with zero attached hydrogens (tertiary/aromatic N) is 2. The van der Waals surface area contributed by atoms with Crippen LogP contribution in [-0.4, -0.2) is 8.42 Å². The first-order chi connectivity index (χ1) is 10.4. The van der Waals surface area contributed by atoms with Crippen molar-refractivity contribution in [2.24, 2.45) is 0 Å². The molecule has 0 N–H and O–H groups in total. The first-order valence-electron chi connectivity index (χ1n) is 6.46. The molecule has 0 radical (unpaired) electrons. The van der Waals surface area contributed by atoms with Crippen molar-refractivity contribution in [2.45, 2.75) is 11.8 Å². The van der Waals surface area contributed by atoms with Gasteiger partial charge in [0.1, 0.15) is 11.9 Å². The van der Waals surface area contributed by atoms with Gasteiger partial charge in [0.25, 0.3) is 0 Å². The summed E-state index contributed by atoms with van der Waals surface area (Å²) in [5, 5.41) is 9.13. The Balaban J connectivity index is 2.29. The van der Waals surface area contributed by atoms with E-state index in [4.69, 9.17) is 5.26 Å². The lowest BCUT2D eigenvalue weighted by Crippen LogP contribution is -2.21. The molecule has 2 aromatic rings. The van der Waals surface area contributed by atoms with E-state index in [1.807, 2.05) is 6.92 Å². The number of anilines is 2. The fourth-order valence-electron chi connectivity index (χ4n) is 2.32. The Labute approximate surface area is 127 Å². The first-order valence-corrected chi connectivity index (χ1v) is 7.94. The second-order valence-electron chi connectivity index (χ2n) is 4.93. The number of halogens is 1. The Morgan fingerprint density at radius 3 is 2.45 bits per heavy atom. The molecule has 22 heavy (non-hydrogen) atoms. The number of benzene rings is 2. The van der Waals surface area contributed by atoms with Crippen LogP contribution in [0.3, 0.4) is 0 Å². The van der Waals surface area contributed by atoms with Crippen molar-refractivity contribution >= 4 is 21.2 Å². The molecule has 6 heteroatoms. The molecule has 0 saturated carbocycles. The lowest BCUT2D eigenvalue weighted by molar-refractivity contribution is 0.602. The molecule has 0 aliphatic carbocycles. The van der Waals surface area contributed by atoms with Gasteiger partial charge in [-0.1, -0.05) is 6.07 Å². The molecule has 1 aliphatic heterocycles. The average Bonchev–Trinajstić information content (AvgIpc) is 2.48. The fourth-order valence-corrected chi connectivity index (χ4v) is 3.60. The van der Waals surface area contributed by atoms with Crippen molar-refractivity contribution in [2.75, 3.05) is 4.90 Å². The smallest absolute Gasteiger partial charge is 0.220 e. The minimum absolute atomic E-state index is 0.0708. The molecule has 0 spiro atoms. The molecule has 0 fully saturated rings. The summed E-state index contributed by atoms with van der Waals surface area (Å²) in [6.45, 7) is 1.85. The summed E-state index contributed by atoms with van der Waals surface area (Å²) in [4.78, 5) is 1.32. The first kappa shape index (κ1) is 14.3. The molecule has 0 aromatic heterocycles. The highest BCUT2D eigenvalue weighted by Gasteiger charge is 2.32. The zero-order valence-corrected chi connectivity index (χ0v) is 12.4. The third-order valence-corrected chi connectivity index (χ3v) is 5.11. The van der Waals surface area contributed by atoms with E-state index in [9.17, 15) is 12.8 Å². The molecule has 1 aliphatic rings. The van der Waals surface area contributed by atoms with Crippen LogP contribution in [0.15, 0.2) is 58.5 Å². The zero-order valence-electron chi connectivity index (χ0n) is 11.6. The molecule has 4 nitrogen and oxygen atoms in total. The van der Waals surface area contributed by atoms with Gasteiger partial charge in [-0.2, -0.15) is 5.26 Å². The number of aryl methyl sites for hydroxylation is 1. The summed E-state index contributed by atoms with van der Waals surface area (Å²) >= 11 is 0. The van der Waals surface area contributed by atoms with E-state index in [2.05, 4.69) is 0 Å². The maximum absolute atomic E-state index is 13.1. The second-order valence-corrected chi connectivity index (χ2v) is 6.81. The van der Waals surface area contributed by atoms with E-state index in [0.717, 1.165) is 5.56 Å². The molecule has 0 saturated heterocycles. The van der Waals surface area contributed by atoms with Crippen molar-refractivity contribution < 1.29 is 12.8 Å². The second kappa shape index (κ2) is 4.97. The fraction of sp³-hybridized carbons (Fsp3) is 0.0625. The number of allylic oxidation sites excluding steroid dienone is 1. The van der Waals surface area contributed by atoms with Gasteiger partial charge in [-0.05, 0) is 48.9 Å². The Morgan fingerprint density at radius 1 is 1.14 bits per heavy atom. The molecule has 110 valence electrons. The average molecular weight is 314 g/mol. The summed E-state index contributed by atoms with van der Waals surface area (Å²) in [6.07, 6.45) is 1.27. The van der Waals surface area contributed by atoms with Crippen LogP contribution < -0.4 is 4.90 Å². The largest absolute Gasteiger partial charge is 0.314 e. The van der Waals surface area contributed by atoms with Gasteiger partial charge in [0, 0.05) is 11.9 Å². The van der Waals surface area contributed by atoms with E-state index in [1.165, 1.54) is 36.5 Å². The summed E-state index contributed by atoms with van der Waals surface area (Å²) in [7, 11) is -3.81. The monoisotopic (exact) mass is 314 g/mol. The molecule has 2 aromatic carbocycles. The Kier molecular flexibility index (Phi) is 3.23. The van der Waals surface area contributed by atoms with Gasteiger partial charge in [-0.3, -0.25) is 0 Å². The lowest BCUT2D eigenvalue weighted by atomic mass is 10.2. The minimum Gasteiger partial charge on any atom is -0.314 e. The maximum atomic E-state index is 13.1. The van der Waals surface area contributed by atoms with E-state index in [-0.39, 0.29) is 15.6 Å². The van der Waals surface area contributed by atoms with Crippen LogP contribution >= 0.6 is 0 Å². The van der Waals surface area contributed by atoms with Crippen LogP contribution in [0.4, 0.5) is 15.8 Å². The Hall–Kier alpha value is -2.65. The third-order valence-electron chi connectivity index (χ3n) is 3.41. The molecule has 0 atom stereocenters. The van der Waals surface area contributed by atoms with Crippen molar-refractivity contribution in [3.63, 3.8) is 0 Å². The normalized spacial score (nSPS) is 15.7. The maximum Gasteiger partial charge on any atom is 0.220 e. The van der Waals surface area contributed by atoms with Gasteiger partial charge in [0.2, 0.25) is 9.84 Å².